The molecule has 2 rings (SSSR count). The number of carbonyl (C=O) groups excluding carboxylic acids is 1. The van der Waals surface area contributed by atoms with Crippen LogP contribution in [0, 0.1) is 11.3 Å². The van der Waals surface area contributed by atoms with Crippen molar-refractivity contribution in [2.75, 3.05) is 11.9 Å². The van der Waals surface area contributed by atoms with E-state index >= 15 is 0 Å². The SMILES string of the molecule is N#Cc1nccnc1NCC1CCC(=O)N1. The molecule has 1 amide bonds. The normalized spacial score (nSPS) is 18.9. The first-order valence-corrected chi connectivity index (χ1v) is 5.04. The van der Waals surface area contributed by atoms with Gasteiger partial charge in [0.25, 0.3) is 0 Å². The lowest BCUT2D eigenvalue weighted by atomic mass is 10.2. The van der Waals surface area contributed by atoms with Gasteiger partial charge in [-0.25, -0.2) is 9.97 Å². The molecule has 16 heavy (non-hydrogen) atoms. The predicted molar refractivity (Wildman–Crippen MR) is 56.4 cm³/mol. The van der Waals surface area contributed by atoms with Gasteiger partial charge in [-0.2, -0.15) is 5.26 Å². The number of carbonyl (C=O) groups is 1. The number of hydrogen-bond donors (Lipinski definition) is 2. The summed E-state index contributed by atoms with van der Waals surface area (Å²) in [5, 5.41) is 14.6. The molecule has 1 saturated heterocycles. The average Bonchev–Trinajstić information content (AvgIpc) is 2.73. The van der Waals surface area contributed by atoms with E-state index in [2.05, 4.69) is 20.6 Å². The van der Waals surface area contributed by atoms with E-state index in [0.717, 1.165) is 6.42 Å². The third kappa shape index (κ3) is 2.25. The van der Waals surface area contributed by atoms with Crippen LogP contribution in [0.5, 0.6) is 0 Å². The van der Waals surface area contributed by atoms with Crippen molar-refractivity contribution in [3.63, 3.8) is 0 Å². The number of nitrogens with zero attached hydrogens (tertiary/aromatic N) is 3. The highest BCUT2D eigenvalue weighted by atomic mass is 16.1. The maximum atomic E-state index is 11.0. The summed E-state index contributed by atoms with van der Waals surface area (Å²) in [6, 6.07) is 2.07. The Morgan fingerprint density at radius 1 is 1.56 bits per heavy atom. The summed E-state index contributed by atoms with van der Waals surface area (Å²) in [6.45, 7) is 0.569. The summed E-state index contributed by atoms with van der Waals surface area (Å²) in [5.74, 6) is 0.539. The fraction of sp³-hybridized carbons (Fsp3) is 0.400. The molecule has 1 unspecified atom stereocenters. The number of anilines is 1. The van der Waals surface area contributed by atoms with Crippen molar-refractivity contribution in [1.29, 1.82) is 5.26 Å². The fourth-order valence-corrected chi connectivity index (χ4v) is 1.60. The Labute approximate surface area is 92.7 Å². The molecule has 1 aromatic rings. The zero-order valence-corrected chi connectivity index (χ0v) is 8.60. The Morgan fingerprint density at radius 2 is 2.38 bits per heavy atom. The lowest BCUT2D eigenvalue weighted by Crippen LogP contribution is -2.32. The topological polar surface area (TPSA) is 90.7 Å². The van der Waals surface area contributed by atoms with Crippen LogP contribution in [0.25, 0.3) is 0 Å². The molecule has 1 aromatic heterocycles. The smallest absolute Gasteiger partial charge is 0.220 e. The molecule has 2 heterocycles. The Bertz CT molecular complexity index is 439. The molecule has 1 aliphatic rings. The summed E-state index contributed by atoms with van der Waals surface area (Å²) < 4.78 is 0. The van der Waals surface area contributed by atoms with E-state index in [1.165, 1.54) is 12.4 Å². The minimum Gasteiger partial charge on any atom is -0.366 e. The van der Waals surface area contributed by atoms with Crippen molar-refractivity contribution in [2.45, 2.75) is 18.9 Å². The zero-order valence-electron chi connectivity index (χ0n) is 8.60. The van der Waals surface area contributed by atoms with Crippen LogP contribution in [0.1, 0.15) is 18.5 Å². The second-order valence-corrected chi connectivity index (χ2v) is 3.55. The molecule has 0 aliphatic carbocycles. The molecule has 2 N–H and O–H groups in total. The second kappa shape index (κ2) is 4.57. The maximum Gasteiger partial charge on any atom is 0.220 e. The molecule has 1 fully saturated rings. The molecule has 1 aliphatic heterocycles. The van der Waals surface area contributed by atoms with Gasteiger partial charge in [0, 0.05) is 31.4 Å². The lowest BCUT2D eigenvalue weighted by molar-refractivity contribution is -0.119. The minimum atomic E-state index is 0.0754. The van der Waals surface area contributed by atoms with Crippen LogP contribution in [0.4, 0.5) is 5.82 Å². The number of rotatable bonds is 3. The predicted octanol–water partition coefficient (Wildman–Crippen LogP) is 0.0388. The molecule has 6 heteroatoms. The highest BCUT2D eigenvalue weighted by molar-refractivity contribution is 5.78. The van der Waals surface area contributed by atoms with Gasteiger partial charge >= 0.3 is 0 Å². The van der Waals surface area contributed by atoms with Crippen LogP contribution in [0.3, 0.4) is 0 Å². The average molecular weight is 217 g/mol. The Kier molecular flexibility index (Phi) is 2.96. The van der Waals surface area contributed by atoms with Gasteiger partial charge in [0.2, 0.25) is 5.91 Å². The minimum absolute atomic E-state index is 0.0754. The van der Waals surface area contributed by atoms with Gasteiger partial charge in [-0.3, -0.25) is 4.79 Å². The first kappa shape index (κ1) is 10.4. The van der Waals surface area contributed by atoms with Crippen LogP contribution in [-0.2, 0) is 4.79 Å². The molecule has 0 spiro atoms. The van der Waals surface area contributed by atoms with Gasteiger partial charge in [0.15, 0.2) is 11.5 Å². The zero-order chi connectivity index (χ0) is 11.4. The van der Waals surface area contributed by atoms with Crippen molar-refractivity contribution in [2.24, 2.45) is 0 Å². The van der Waals surface area contributed by atoms with Crippen LogP contribution < -0.4 is 10.6 Å². The lowest BCUT2D eigenvalue weighted by Gasteiger charge is -2.11. The Morgan fingerprint density at radius 3 is 3.06 bits per heavy atom. The molecule has 6 nitrogen and oxygen atoms in total. The quantitative estimate of drug-likeness (QED) is 0.745. The largest absolute Gasteiger partial charge is 0.366 e. The van der Waals surface area contributed by atoms with Crippen molar-refractivity contribution < 1.29 is 4.79 Å². The number of hydrogen-bond acceptors (Lipinski definition) is 5. The number of nitriles is 1. The van der Waals surface area contributed by atoms with Crippen LogP contribution in [-0.4, -0.2) is 28.5 Å². The van der Waals surface area contributed by atoms with E-state index in [1.807, 2.05) is 6.07 Å². The summed E-state index contributed by atoms with van der Waals surface area (Å²) in [7, 11) is 0. The van der Waals surface area contributed by atoms with Crippen molar-refractivity contribution in [3.8, 4) is 6.07 Å². The van der Waals surface area contributed by atoms with Gasteiger partial charge in [0.1, 0.15) is 6.07 Å². The molecule has 1 atom stereocenters. The molecule has 0 aromatic carbocycles. The number of aromatic nitrogens is 2. The summed E-state index contributed by atoms with van der Waals surface area (Å²) in [5.41, 5.74) is 0.270. The molecule has 0 bridgehead atoms. The van der Waals surface area contributed by atoms with E-state index < -0.39 is 0 Å². The maximum absolute atomic E-state index is 11.0. The summed E-state index contributed by atoms with van der Waals surface area (Å²) in [4.78, 5) is 18.9. The second-order valence-electron chi connectivity index (χ2n) is 3.55. The van der Waals surface area contributed by atoms with Gasteiger partial charge in [0.05, 0.1) is 0 Å². The Balaban J connectivity index is 1.95. The summed E-state index contributed by atoms with van der Waals surface area (Å²) >= 11 is 0. The van der Waals surface area contributed by atoms with Gasteiger partial charge in [-0.1, -0.05) is 0 Å². The highest BCUT2D eigenvalue weighted by Crippen LogP contribution is 2.10. The third-order valence-electron chi connectivity index (χ3n) is 2.41. The number of amides is 1. The molecular weight excluding hydrogens is 206 g/mol. The highest BCUT2D eigenvalue weighted by Gasteiger charge is 2.20. The van der Waals surface area contributed by atoms with E-state index in [0.29, 0.717) is 18.8 Å². The van der Waals surface area contributed by atoms with E-state index in [4.69, 9.17) is 5.26 Å². The molecule has 0 radical (unpaired) electrons. The van der Waals surface area contributed by atoms with Crippen LogP contribution in [0.15, 0.2) is 12.4 Å². The standard InChI is InChI=1S/C10H11N5O/c11-5-8-10(13-4-3-12-8)14-6-7-1-2-9(16)15-7/h3-4,7H,1-2,6H2,(H,13,14)(H,15,16). The van der Waals surface area contributed by atoms with Crippen LogP contribution >= 0.6 is 0 Å². The Hall–Kier alpha value is -2.16. The van der Waals surface area contributed by atoms with E-state index in [9.17, 15) is 4.79 Å². The molecule has 82 valence electrons. The monoisotopic (exact) mass is 217 g/mol. The van der Waals surface area contributed by atoms with Gasteiger partial charge < -0.3 is 10.6 Å². The van der Waals surface area contributed by atoms with E-state index in [-0.39, 0.29) is 17.6 Å². The third-order valence-corrected chi connectivity index (χ3v) is 2.41. The van der Waals surface area contributed by atoms with Crippen molar-refractivity contribution in [3.05, 3.63) is 18.1 Å². The number of nitrogens with one attached hydrogen (secondary N) is 2. The summed E-state index contributed by atoms with van der Waals surface area (Å²) in [6.07, 6.45) is 4.38. The van der Waals surface area contributed by atoms with E-state index in [1.54, 1.807) is 0 Å². The van der Waals surface area contributed by atoms with Crippen LogP contribution in [0.2, 0.25) is 0 Å². The van der Waals surface area contributed by atoms with Gasteiger partial charge in [-0.05, 0) is 6.42 Å². The van der Waals surface area contributed by atoms with Crippen molar-refractivity contribution in [1.82, 2.24) is 15.3 Å². The fourth-order valence-electron chi connectivity index (χ4n) is 1.60. The van der Waals surface area contributed by atoms with Crippen molar-refractivity contribution >= 4 is 11.7 Å². The van der Waals surface area contributed by atoms with Gasteiger partial charge in [-0.15, -0.1) is 0 Å². The molecule has 0 saturated carbocycles. The molecular formula is C10H11N5O. The first-order valence-electron chi connectivity index (χ1n) is 5.04. The first-order chi connectivity index (χ1) is 7.79.